The van der Waals surface area contributed by atoms with Gasteiger partial charge in [0.2, 0.25) is 0 Å². The third kappa shape index (κ3) is 1.89. The first kappa shape index (κ1) is 9.47. The fourth-order valence-electron chi connectivity index (χ4n) is 2.50. The smallest absolute Gasteiger partial charge is 0.169 e. The van der Waals surface area contributed by atoms with E-state index in [0.29, 0.717) is 12.2 Å². The molecule has 2 nitrogen and oxygen atoms in total. The molecule has 0 saturated carbocycles. The average molecular weight is 184 g/mol. The third-order valence-corrected chi connectivity index (χ3v) is 3.27. The largest absolute Gasteiger partial charge is 0.347 e. The van der Waals surface area contributed by atoms with Gasteiger partial charge in [0.1, 0.15) is 0 Å². The van der Waals surface area contributed by atoms with Crippen LogP contribution in [0.4, 0.5) is 0 Å². The third-order valence-electron chi connectivity index (χ3n) is 3.27. The predicted molar refractivity (Wildman–Crippen MR) is 51.5 cm³/mol. The molecule has 0 radical (unpaired) electrons. The minimum Gasteiger partial charge on any atom is -0.347 e. The van der Waals surface area contributed by atoms with Crippen LogP contribution in [0.2, 0.25) is 0 Å². The van der Waals surface area contributed by atoms with E-state index in [9.17, 15) is 0 Å². The van der Waals surface area contributed by atoms with Gasteiger partial charge in [-0.2, -0.15) is 0 Å². The van der Waals surface area contributed by atoms with Crippen LogP contribution in [0.15, 0.2) is 0 Å². The monoisotopic (exact) mass is 184 g/mol. The Morgan fingerprint density at radius 2 is 2.08 bits per heavy atom. The zero-order valence-electron chi connectivity index (χ0n) is 8.71. The molecule has 3 unspecified atom stereocenters. The molecule has 0 aromatic heterocycles. The van der Waals surface area contributed by atoms with Crippen molar-refractivity contribution in [2.24, 2.45) is 0 Å². The van der Waals surface area contributed by atoms with Crippen molar-refractivity contribution in [2.75, 3.05) is 0 Å². The van der Waals surface area contributed by atoms with Crippen molar-refractivity contribution in [3.63, 3.8) is 0 Å². The quantitative estimate of drug-likeness (QED) is 0.624. The van der Waals surface area contributed by atoms with Gasteiger partial charge in [-0.15, -0.1) is 0 Å². The van der Waals surface area contributed by atoms with Gasteiger partial charge in [0, 0.05) is 12.8 Å². The molecule has 2 fully saturated rings. The van der Waals surface area contributed by atoms with E-state index in [0.717, 1.165) is 19.3 Å². The van der Waals surface area contributed by atoms with Gasteiger partial charge in [0.05, 0.1) is 12.2 Å². The molecule has 1 spiro atoms. The first-order valence-corrected chi connectivity index (χ1v) is 5.60. The highest BCUT2D eigenvalue weighted by Gasteiger charge is 2.43. The predicted octanol–water partition coefficient (Wildman–Crippen LogP) is 2.86. The second-order valence-electron chi connectivity index (χ2n) is 4.42. The Hall–Kier alpha value is -0.0800. The summed E-state index contributed by atoms with van der Waals surface area (Å²) < 4.78 is 11.9. The molecule has 76 valence electrons. The Morgan fingerprint density at radius 1 is 1.23 bits per heavy atom. The summed E-state index contributed by atoms with van der Waals surface area (Å²) >= 11 is 0. The molecule has 0 bridgehead atoms. The molecule has 2 rings (SSSR count). The standard InChI is InChI=1S/C11H20O2/c1-3-10-6-8-11(13-10)7-4-5-9(2)12-11/h9-10H,3-8H2,1-2H3. The lowest BCUT2D eigenvalue weighted by Crippen LogP contribution is -2.39. The van der Waals surface area contributed by atoms with Crippen LogP contribution < -0.4 is 0 Å². The van der Waals surface area contributed by atoms with E-state index < -0.39 is 0 Å². The topological polar surface area (TPSA) is 18.5 Å². The van der Waals surface area contributed by atoms with Crippen molar-refractivity contribution in [1.82, 2.24) is 0 Å². The van der Waals surface area contributed by atoms with Gasteiger partial charge in [-0.05, 0) is 32.6 Å². The van der Waals surface area contributed by atoms with Crippen LogP contribution in [0, 0.1) is 0 Å². The van der Waals surface area contributed by atoms with E-state index in [1.54, 1.807) is 0 Å². The van der Waals surface area contributed by atoms with Crippen LogP contribution >= 0.6 is 0 Å². The van der Waals surface area contributed by atoms with Gasteiger partial charge in [-0.25, -0.2) is 0 Å². The molecule has 0 aromatic carbocycles. The Bertz CT molecular complexity index is 181. The van der Waals surface area contributed by atoms with E-state index >= 15 is 0 Å². The summed E-state index contributed by atoms with van der Waals surface area (Å²) in [7, 11) is 0. The number of hydrogen-bond acceptors (Lipinski definition) is 2. The number of hydrogen-bond donors (Lipinski definition) is 0. The van der Waals surface area contributed by atoms with E-state index in [1.165, 1.54) is 19.3 Å². The highest BCUT2D eigenvalue weighted by molar-refractivity contribution is 4.84. The number of rotatable bonds is 1. The van der Waals surface area contributed by atoms with Crippen LogP contribution in [0.25, 0.3) is 0 Å². The molecule has 2 heterocycles. The molecule has 2 heteroatoms. The van der Waals surface area contributed by atoms with Gasteiger partial charge in [-0.1, -0.05) is 6.92 Å². The molecule has 2 aliphatic rings. The van der Waals surface area contributed by atoms with Crippen molar-refractivity contribution < 1.29 is 9.47 Å². The van der Waals surface area contributed by atoms with Crippen molar-refractivity contribution in [2.45, 2.75) is 70.4 Å². The fourth-order valence-corrected chi connectivity index (χ4v) is 2.50. The van der Waals surface area contributed by atoms with Crippen LogP contribution in [0.5, 0.6) is 0 Å². The maximum Gasteiger partial charge on any atom is 0.169 e. The van der Waals surface area contributed by atoms with Gasteiger partial charge >= 0.3 is 0 Å². The summed E-state index contributed by atoms with van der Waals surface area (Å²) in [6, 6.07) is 0. The molecule has 0 aromatic rings. The Labute approximate surface area is 80.6 Å². The molecule has 0 aliphatic carbocycles. The fraction of sp³-hybridized carbons (Fsp3) is 1.00. The summed E-state index contributed by atoms with van der Waals surface area (Å²) in [6.07, 6.45) is 7.82. The molecule has 2 aliphatic heterocycles. The molecule has 2 saturated heterocycles. The van der Waals surface area contributed by atoms with Gasteiger partial charge < -0.3 is 9.47 Å². The lowest BCUT2D eigenvalue weighted by Gasteiger charge is -2.37. The zero-order valence-corrected chi connectivity index (χ0v) is 8.71. The summed E-state index contributed by atoms with van der Waals surface area (Å²) in [4.78, 5) is 0. The Kier molecular flexibility index (Phi) is 2.61. The van der Waals surface area contributed by atoms with Gasteiger partial charge in [0.15, 0.2) is 5.79 Å². The van der Waals surface area contributed by atoms with Crippen LogP contribution in [0.3, 0.4) is 0 Å². The lowest BCUT2D eigenvalue weighted by molar-refractivity contribution is -0.266. The molecule has 3 atom stereocenters. The van der Waals surface area contributed by atoms with Crippen LogP contribution in [-0.4, -0.2) is 18.0 Å². The van der Waals surface area contributed by atoms with E-state index in [4.69, 9.17) is 9.47 Å². The normalized spacial score (nSPS) is 45.7. The SMILES string of the molecule is CCC1CCC2(CCCC(C)O2)O1. The summed E-state index contributed by atoms with van der Waals surface area (Å²) in [6.45, 7) is 4.35. The van der Waals surface area contributed by atoms with E-state index in [1.807, 2.05) is 0 Å². The molecule has 13 heavy (non-hydrogen) atoms. The van der Waals surface area contributed by atoms with Crippen LogP contribution in [-0.2, 0) is 9.47 Å². The summed E-state index contributed by atoms with van der Waals surface area (Å²) in [5.41, 5.74) is 0. The maximum absolute atomic E-state index is 5.99. The average Bonchev–Trinajstić information content (AvgIpc) is 2.48. The zero-order chi connectivity index (χ0) is 9.31. The first-order valence-electron chi connectivity index (χ1n) is 5.60. The summed E-state index contributed by atoms with van der Waals surface area (Å²) in [5, 5.41) is 0. The number of ether oxygens (including phenoxy) is 2. The van der Waals surface area contributed by atoms with Crippen molar-refractivity contribution in [3.8, 4) is 0 Å². The van der Waals surface area contributed by atoms with Crippen molar-refractivity contribution in [3.05, 3.63) is 0 Å². The second-order valence-corrected chi connectivity index (χ2v) is 4.42. The van der Waals surface area contributed by atoms with Gasteiger partial charge in [-0.3, -0.25) is 0 Å². The first-order chi connectivity index (χ1) is 6.24. The van der Waals surface area contributed by atoms with Crippen molar-refractivity contribution in [1.29, 1.82) is 0 Å². The Morgan fingerprint density at radius 3 is 2.69 bits per heavy atom. The summed E-state index contributed by atoms with van der Waals surface area (Å²) in [5.74, 6) is -0.182. The minimum atomic E-state index is -0.182. The van der Waals surface area contributed by atoms with E-state index in [-0.39, 0.29) is 5.79 Å². The lowest BCUT2D eigenvalue weighted by atomic mass is 9.99. The maximum atomic E-state index is 5.99. The highest BCUT2D eigenvalue weighted by Crippen LogP contribution is 2.40. The van der Waals surface area contributed by atoms with Gasteiger partial charge in [0.25, 0.3) is 0 Å². The van der Waals surface area contributed by atoms with Crippen LogP contribution in [0.1, 0.15) is 52.4 Å². The molecule has 0 N–H and O–H groups in total. The molecular formula is C11H20O2. The second kappa shape index (κ2) is 3.58. The Balaban J connectivity index is 1.97. The molecular weight excluding hydrogens is 164 g/mol. The van der Waals surface area contributed by atoms with Crippen molar-refractivity contribution >= 4 is 0 Å². The van der Waals surface area contributed by atoms with E-state index in [2.05, 4.69) is 13.8 Å². The minimum absolute atomic E-state index is 0.182. The highest BCUT2D eigenvalue weighted by atomic mass is 16.7. The molecule has 0 amide bonds.